The van der Waals surface area contributed by atoms with Gasteiger partial charge in [0.05, 0.1) is 0 Å². The predicted octanol–water partition coefficient (Wildman–Crippen LogP) is 2.24. The first-order chi connectivity index (χ1) is 8.35. The molecule has 0 saturated heterocycles. The van der Waals surface area contributed by atoms with E-state index in [-0.39, 0.29) is 0 Å². The molecule has 2 aliphatic carbocycles. The van der Waals surface area contributed by atoms with Crippen LogP contribution in [-0.4, -0.2) is 16.0 Å². The summed E-state index contributed by atoms with van der Waals surface area (Å²) in [5.74, 6) is 1.93. The van der Waals surface area contributed by atoms with E-state index >= 15 is 0 Å². The second-order valence-electron chi connectivity index (χ2n) is 5.41. The molecule has 3 nitrogen and oxygen atoms in total. The van der Waals surface area contributed by atoms with Crippen molar-refractivity contribution in [3.8, 4) is 0 Å². The van der Waals surface area contributed by atoms with Crippen LogP contribution in [0.3, 0.4) is 0 Å². The van der Waals surface area contributed by atoms with Crippen LogP contribution in [0.25, 0.3) is 0 Å². The van der Waals surface area contributed by atoms with Gasteiger partial charge in [0, 0.05) is 36.5 Å². The lowest BCUT2D eigenvalue weighted by atomic mass is 10.1. The largest absolute Gasteiger partial charge is 0.310 e. The van der Waals surface area contributed by atoms with E-state index in [1.165, 1.54) is 36.9 Å². The average Bonchev–Trinajstić information content (AvgIpc) is 3.21. The fourth-order valence-corrected chi connectivity index (χ4v) is 2.16. The molecule has 0 atom stereocenters. The third kappa shape index (κ3) is 3.03. The zero-order valence-electron chi connectivity index (χ0n) is 10.6. The molecule has 17 heavy (non-hydrogen) atoms. The Kier molecular flexibility index (Phi) is 3.10. The van der Waals surface area contributed by atoms with Crippen molar-refractivity contribution in [2.45, 2.75) is 58.0 Å². The highest BCUT2D eigenvalue weighted by molar-refractivity contribution is 5.18. The molecule has 1 N–H and O–H groups in total. The summed E-state index contributed by atoms with van der Waals surface area (Å²) in [6.07, 6.45) is 9.56. The zero-order chi connectivity index (χ0) is 11.7. The second-order valence-corrected chi connectivity index (χ2v) is 5.41. The number of aromatic nitrogens is 2. The van der Waals surface area contributed by atoms with Crippen molar-refractivity contribution in [2.24, 2.45) is 5.92 Å². The van der Waals surface area contributed by atoms with Gasteiger partial charge < -0.3 is 5.32 Å². The van der Waals surface area contributed by atoms with E-state index in [9.17, 15) is 0 Å². The van der Waals surface area contributed by atoms with Crippen LogP contribution >= 0.6 is 0 Å². The minimum absolute atomic E-state index is 0.755. The fraction of sp³-hybridized carbons (Fsp3) is 0.714. The summed E-state index contributed by atoms with van der Waals surface area (Å²) in [4.78, 5) is 9.23. The monoisotopic (exact) mass is 231 g/mol. The normalized spacial score (nSPS) is 19.6. The van der Waals surface area contributed by atoms with Gasteiger partial charge in [0.2, 0.25) is 0 Å². The number of hydrogen-bond donors (Lipinski definition) is 1. The Morgan fingerprint density at radius 3 is 2.76 bits per heavy atom. The van der Waals surface area contributed by atoms with Crippen LogP contribution in [0.15, 0.2) is 6.20 Å². The smallest absolute Gasteiger partial charge is 0.128 e. The van der Waals surface area contributed by atoms with Gasteiger partial charge in [-0.25, -0.2) is 9.97 Å². The molecule has 2 aliphatic rings. The van der Waals surface area contributed by atoms with Gasteiger partial charge in [-0.2, -0.15) is 0 Å². The highest BCUT2D eigenvalue weighted by atomic mass is 15.0. The zero-order valence-corrected chi connectivity index (χ0v) is 10.6. The molecule has 0 aliphatic heterocycles. The minimum atomic E-state index is 0.755. The van der Waals surface area contributed by atoms with Crippen LogP contribution in [-0.2, 0) is 19.4 Å². The molecule has 2 saturated carbocycles. The standard InChI is InChI=1S/C14H21N3/c1-2-13-11(8-15-12-5-6-12)9-16-14(17-13)7-10-3-4-10/h9-10,12,15H,2-8H2,1H3. The highest BCUT2D eigenvalue weighted by Crippen LogP contribution is 2.31. The first kappa shape index (κ1) is 11.1. The van der Waals surface area contributed by atoms with Crippen molar-refractivity contribution >= 4 is 0 Å². The molecule has 2 fully saturated rings. The SMILES string of the molecule is CCc1nc(CC2CC2)ncc1CNC1CC1. The third-order valence-corrected chi connectivity index (χ3v) is 3.67. The van der Waals surface area contributed by atoms with Crippen LogP contribution < -0.4 is 5.32 Å². The Bertz CT molecular complexity index is 394. The fourth-order valence-electron chi connectivity index (χ4n) is 2.16. The van der Waals surface area contributed by atoms with Crippen LogP contribution in [0.5, 0.6) is 0 Å². The molecule has 1 heterocycles. The lowest BCUT2D eigenvalue weighted by molar-refractivity contribution is 0.668. The Balaban J connectivity index is 1.67. The molecule has 0 radical (unpaired) electrons. The van der Waals surface area contributed by atoms with Crippen molar-refractivity contribution in [3.63, 3.8) is 0 Å². The Labute approximate surface area is 103 Å². The first-order valence-corrected chi connectivity index (χ1v) is 6.92. The molecule has 92 valence electrons. The van der Waals surface area contributed by atoms with E-state index in [0.717, 1.165) is 37.2 Å². The van der Waals surface area contributed by atoms with Crippen molar-refractivity contribution in [1.29, 1.82) is 0 Å². The second kappa shape index (κ2) is 4.73. The maximum Gasteiger partial charge on any atom is 0.128 e. The van der Waals surface area contributed by atoms with Crippen molar-refractivity contribution in [2.75, 3.05) is 0 Å². The summed E-state index contributed by atoms with van der Waals surface area (Å²) in [6, 6.07) is 0.755. The summed E-state index contributed by atoms with van der Waals surface area (Å²) in [5.41, 5.74) is 2.53. The number of rotatable bonds is 6. The molecule has 0 aromatic carbocycles. The van der Waals surface area contributed by atoms with Gasteiger partial charge in [0.25, 0.3) is 0 Å². The number of nitrogens with zero attached hydrogens (tertiary/aromatic N) is 2. The molecule has 3 rings (SSSR count). The Morgan fingerprint density at radius 1 is 1.29 bits per heavy atom. The van der Waals surface area contributed by atoms with Gasteiger partial charge >= 0.3 is 0 Å². The van der Waals surface area contributed by atoms with Gasteiger partial charge in [0.15, 0.2) is 0 Å². The summed E-state index contributed by atoms with van der Waals surface area (Å²) in [5, 5.41) is 3.54. The molecule has 1 aromatic heterocycles. The molecule has 3 heteroatoms. The Hall–Kier alpha value is -0.960. The topological polar surface area (TPSA) is 37.8 Å². The van der Waals surface area contributed by atoms with E-state index < -0.39 is 0 Å². The van der Waals surface area contributed by atoms with E-state index in [1.54, 1.807) is 0 Å². The van der Waals surface area contributed by atoms with Crippen molar-refractivity contribution < 1.29 is 0 Å². The maximum atomic E-state index is 4.72. The Morgan fingerprint density at radius 2 is 2.12 bits per heavy atom. The third-order valence-electron chi connectivity index (χ3n) is 3.67. The highest BCUT2D eigenvalue weighted by Gasteiger charge is 2.23. The molecular weight excluding hydrogens is 210 g/mol. The van der Waals surface area contributed by atoms with E-state index in [4.69, 9.17) is 4.98 Å². The van der Waals surface area contributed by atoms with E-state index in [1.807, 2.05) is 6.20 Å². The van der Waals surface area contributed by atoms with Crippen molar-refractivity contribution in [3.05, 3.63) is 23.3 Å². The summed E-state index contributed by atoms with van der Waals surface area (Å²) in [6.45, 7) is 3.13. The maximum absolute atomic E-state index is 4.72. The van der Waals surface area contributed by atoms with Gasteiger partial charge in [0.1, 0.15) is 5.82 Å². The lowest BCUT2D eigenvalue weighted by Crippen LogP contribution is -2.17. The minimum Gasteiger partial charge on any atom is -0.310 e. The number of nitrogens with one attached hydrogen (secondary N) is 1. The first-order valence-electron chi connectivity index (χ1n) is 6.92. The quantitative estimate of drug-likeness (QED) is 0.816. The van der Waals surface area contributed by atoms with Crippen molar-refractivity contribution in [1.82, 2.24) is 15.3 Å². The number of aryl methyl sites for hydroxylation is 1. The van der Waals surface area contributed by atoms with Gasteiger partial charge in [-0.05, 0) is 38.0 Å². The van der Waals surface area contributed by atoms with Crippen LogP contribution in [0, 0.1) is 5.92 Å². The van der Waals surface area contributed by atoms with Crippen LogP contribution in [0.1, 0.15) is 49.7 Å². The van der Waals surface area contributed by atoms with E-state index in [0.29, 0.717) is 0 Å². The molecule has 0 amide bonds. The predicted molar refractivity (Wildman–Crippen MR) is 67.7 cm³/mol. The van der Waals surface area contributed by atoms with Crippen LogP contribution in [0.4, 0.5) is 0 Å². The molecule has 1 aromatic rings. The van der Waals surface area contributed by atoms with Gasteiger partial charge in [-0.1, -0.05) is 6.92 Å². The molecule has 0 spiro atoms. The summed E-state index contributed by atoms with van der Waals surface area (Å²) in [7, 11) is 0. The summed E-state index contributed by atoms with van der Waals surface area (Å²) >= 11 is 0. The summed E-state index contributed by atoms with van der Waals surface area (Å²) < 4.78 is 0. The average molecular weight is 231 g/mol. The molecular formula is C14H21N3. The van der Waals surface area contributed by atoms with Gasteiger partial charge in [-0.15, -0.1) is 0 Å². The molecule has 0 bridgehead atoms. The van der Waals surface area contributed by atoms with Crippen LogP contribution in [0.2, 0.25) is 0 Å². The lowest BCUT2D eigenvalue weighted by Gasteiger charge is -2.09. The van der Waals surface area contributed by atoms with Gasteiger partial charge in [-0.3, -0.25) is 0 Å². The molecule has 0 unspecified atom stereocenters. The van der Waals surface area contributed by atoms with E-state index in [2.05, 4.69) is 17.2 Å². The number of hydrogen-bond acceptors (Lipinski definition) is 3.